The number of carbonyl (C=O) groups is 1. The average Bonchev–Trinajstić information content (AvgIpc) is 3.42. The predicted octanol–water partition coefficient (Wildman–Crippen LogP) is 3.34. The number of hydrogen-bond acceptors (Lipinski definition) is 3. The lowest BCUT2D eigenvalue weighted by atomic mass is 10.1. The van der Waals surface area contributed by atoms with Crippen LogP contribution in [0.25, 0.3) is 0 Å². The molecule has 2 aromatic carbocycles. The number of rotatable bonds is 5. The summed E-state index contributed by atoms with van der Waals surface area (Å²) in [6.07, 6.45) is 2.68. The van der Waals surface area contributed by atoms with Crippen molar-refractivity contribution in [3.05, 3.63) is 65.2 Å². The van der Waals surface area contributed by atoms with E-state index in [0.717, 1.165) is 18.4 Å². The zero-order valence-electron chi connectivity index (χ0n) is 15.5. The third-order valence-electron chi connectivity index (χ3n) is 5.16. The number of benzene rings is 2. The van der Waals surface area contributed by atoms with Crippen molar-refractivity contribution in [3.8, 4) is 0 Å². The van der Waals surface area contributed by atoms with Crippen molar-refractivity contribution >= 4 is 21.6 Å². The molecule has 0 unspecified atom stereocenters. The summed E-state index contributed by atoms with van der Waals surface area (Å²) < 4.78 is 25.8. The quantitative estimate of drug-likeness (QED) is 0.794. The van der Waals surface area contributed by atoms with Gasteiger partial charge in [-0.3, -0.25) is 9.10 Å². The summed E-state index contributed by atoms with van der Waals surface area (Å²) in [4.78, 5) is 15.1. The van der Waals surface area contributed by atoms with Crippen molar-refractivity contribution < 1.29 is 13.2 Å². The van der Waals surface area contributed by atoms with Gasteiger partial charge in [-0.1, -0.05) is 35.9 Å². The highest BCUT2D eigenvalue weighted by Gasteiger charge is 2.34. The van der Waals surface area contributed by atoms with Crippen LogP contribution < -0.4 is 4.31 Å². The van der Waals surface area contributed by atoms with Crippen LogP contribution in [0, 0.1) is 6.92 Å². The smallest absolute Gasteiger partial charge is 0.254 e. The third kappa shape index (κ3) is 3.86. The van der Waals surface area contributed by atoms with E-state index in [0.29, 0.717) is 30.8 Å². The maximum atomic E-state index is 13.2. The molecule has 27 heavy (non-hydrogen) atoms. The maximum absolute atomic E-state index is 13.2. The van der Waals surface area contributed by atoms with E-state index in [-0.39, 0.29) is 17.7 Å². The minimum absolute atomic E-state index is 0.0301. The third-order valence-corrected chi connectivity index (χ3v) is 7.03. The minimum Gasteiger partial charge on any atom is -0.331 e. The summed E-state index contributed by atoms with van der Waals surface area (Å²) >= 11 is 0. The largest absolute Gasteiger partial charge is 0.331 e. The van der Waals surface area contributed by atoms with Crippen molar-refractivity contribution in [2.75, 3.05) is 16.6 Å². The first-order chi connectivity index (χ1) is 12.9. The van der Waals surface area contributed by atoms with Gasteiger partial charge >= 0.3 is 0 Å². The molecule has 6 heteroatoms. The fraction of sp³-hybridized carbons (Fsp3) is 0.381. The molecule has 0 atom stereocenters. The first-order valence-corrected chi connectivity index (χ1v) is 11.0. The van der Waals surface area contributed by atoms with Crippen LogP contribution in [0.5, 0.6) is 0 Å². The molecule has 0 radical (unpaired) electrons. The van der Waals surface area contributed by atoms with Gasteiger partial charge in [-0.15, -0.1) is 0 Å². The van der Waals surface area contributed by atoms with Gasteiger partial charge in [-0.05, 0) is 49.9 Å². The molecule has 142 valence electrons. The van der Waals surface area contributed by atoms with E-state index < -0.39 is 10.0 Å². The van der Waals surface area contributed by atoms with Gasteiger partial charge in [-0.25, -0.2) is 8.42 Å². The molecular formula is C21H24N2O3S. The van der Waals surface area contributed by atoms with E-state index in [2.05, 4.69) is 6.07 Å². The number of carbonyl (C=O) groups excluding carboxylic acids is 1. The molecule has 1 aliphatic carbocycles. The predicted molar refractivity (Wildman–Crippen MR) is 106 cm³/mol. The number of amides is 1. The molecule has 5 nitrogen and oxygen atoms in total. The van der Waals surface area contributed by atoms with Crippen LogP contribution in [0.15, 0.2) is 48.5 Å². The number of nitrogens with zero attached hydrogens (tertiary/aromatic N) is 2. The van der Waals surface area contributed by atoms with E-state index in [1.165, 1.54) is 9.87 Å². The number of sulfonamides is 1. The second-order valence-corrected chi connectivity index (χ2v) is 9.46. The Morgan fingerprint density at radius 1 is 1.15 bits per heavy atom. The zero-order chi connectivity index (χ0) is 19.0. The molecule has 2 aliphatic rings. The van der Waals surface area contributed by atoms with E-state index in [1.54, 1.807) is 24.3 Å². The standard InChI is InChI=1S/C21H24N2O3S/c1-16-5-2-6-17(13-16)15-22(19-9-10-19)21(24)18-7-3-8-20(14-18)23-11-4-12-27(23,25)26/h2-3,5-8,13-14,19H,4,9-12,15H2,1H3. The normalized spacial score (nSPS) is 18.5. The second kappa shape index (κ2) is 7.00. The Balaban J connectivity index is 1.60. The maximum Gasteiger partial charge on any atom is 0.254 e. The van der Waals surface area contributed by atoms with Gasteiger partial charge in [0.1, 0.15) is 0 Å². The van der Waals surface area contributed by atoms with E-state index in [9.17, 15) is 13.2 Å². The first kappa shape index (κ1) is 18.0. The van der Waals surface area contributed by atoms with E-state index in [1.807, 2.05) is 30.0 Å². The van der Waals surface area contributed by atoms with E-state index >= 15 is 0 Å². The number of aryl methyl sites for hydroxylation is 1. The highest BCUT2D eigenvalue weighted by Crippen LogP contribution is 2.31. The highest BCUT2D eigenvalue weighted by molar-refractivity contribution is 7.93. The molecule has 0 N–H and O–H groups in total. The van der Waals surface area contributed by atoms with E-state index in [4.69, 9.17) is 0 Å². The van der Waals surface area contributed by atoms with Crippen molar-refractivity contribution in [2.24, 2.45) is 0 Å². The Kier molecular flexibility index (Phi) is 4.68. The molecule has 2 fully saturated rings. The Bertz CT molecular complexity index is 967. The van der Waals surface area contributed by atoms with Gasteiger partial charge in [0.2, 0.25) is 10.0 Å². The van der Waals surface area contributed by atoms with Crippen LogP contribution in [0.4, 0.5) is 5.69 Å². The van der Waals surface area contributed by atoms with Crippen LogP contribution in [0.1, 0.15) is 40.7 Å². The Hall–Kier alpha value is -2.34. The fourth-order valence-electron chi connectivity index (χ4n) is 3.65. The van der Waals surface area contributed by atoms with Crippen LogP contribution in [-0.4, -0.2) is 37.6 Å². The molecule has 1 saturated heterocycles. The molecule has 1 saturated carbocycles. The summed E-state index contributed by atoms with van der Waals surface area (Å²) in [6, 6.07) is 15.5. The highest BCUT2D eigenvalue weighted by atomic mass is 32.2. The van der Waals surface area contributed by atoms with Gasteiger partial charge in [0, 0.05) is 24.7 Å². The summed E-state index contributed by atoms with van der Waals surface area (Å²) in [5.41, 5.74) is 3.43. The molecule has 0 aromatic heterocycles. The molecular weight excluding hydrogens is 360 g/mol. The van der Waals surface area contributed by atoms with Crippen LogP contribution >= 0.6 is 0 Å². The lowest BCUT2D eigenvalue weighted by Gasteiger charge is -2.24. The van der Waals surface area contributed by atoms with Crippen LogP contribution in [0.2, 0.25) is 0 Å². The van der Waals surface area contributed by atoms with Gasteiger partial charge in [0.05, 0.1) is 11.4 Å². The SMILES string of the molecule is Cc1cccc(CN(C(=O)c2cccc(N3CCCS3(=O)=O)c2)C2CC2)c1. The summed E-state index contributed by atoms with van der Waals surface area (Å²) in [5, 5.41) is 0. The second-order valence-electron chi connectivity index (χ2n) is 7.45. The monoisotopic (exact) mass is 384 g/mol. The van der Waals surface area contributed by atoms with Gasteiger partial charge in [0.25, 0.3) is 5.91 Å². The molecule has 1 aliphatic heterocycles. The van der Waals surface area contributed by atoms with Crippen molar-refractivity contribution in [1.82, 2.24) is 4.90 Å². The van der Waals surface area contributed by atoms with Crippen LogP contribution in [0.3, 0.4) is 0 Å². The fourth-order valence-corrected chi connectivity index (χ4v) is 5.21. The molecule has 0 spiro atoms. The minimum atomic E-state index is -3.25. The van der Waals surface area contributed by atoms with Crippen molar-refractivity contribution in [2.45, 2.75) is 38.8 Å². The topological polar surface area (TPSA) is 57.7 Å². The van der Waals surface area contributed by atoms with Gasteiger partial charge in [0.15, 0.2) is 0 Å². The van der Waals surface area contributed by atoms with Gasteiger partial charge < -0.3 is 4.90 Å². The summed E-state index contributed by atoms with van der Waals surface area (Å²) in [5.74, 6) is 0.143. The summed E-state index contributed by atoms with van der Waals surface area (Å²) in [7, 11) is -3.25. The Labute approximate surface area is 160 Å². The Morgan fingerprint density at radius 3 is 2.59 bits per heavy atom. The average molecular weight is 385 g/mol. The van der Waals surface area contributed by atoms with Crippen LogP contribution in [-0.2, 0) is 16.6 Å². The lowest BCUT2D eigenvalue weighted by molar-refractivity contribution is 0.0730. The van der Waals surface area contributed by atoms with Crippen molar-refractivity contribution in [3.63, 3.8) is 0 Å². The van der Waals surface area contributed by atoms with Gasteiger partial charge in [-0.2, -0.15) is 0 Å². The lowest BCUT2D eigenvalue weighted by Crippen LogP contribution is -2.33. The molecule has 2 aromatic rings. The van der Waals surface area contributed by atoms with Crippen molar-refractivity contribution in [1.29, 1.82) is 0 Å². The molecule has 1 heterocycles. The number of anilines is 1. The molecule has 1 amide bonds. The first-order valence-electron chi connectivity index (χ1n) is 9.41. The Morgan fingerprint density at radius 2 is 1.93 bits per heavy atom. The molecule has 0 bridgehead atoms. The number of hydrogen-bond donors (Lipinski definition) is 0. The summed E-state index contributed by atoms with van der Waals surface area (Å²) in [6.45, 7) is 3.11. The zero-order valence-corrected chi connectivity index (χ0v) is 16.3. The molecule has 4 rings (SSSR count).